The number of fused-ring (bicyclic) bond motifs is 3. The van der Waals surface area contributed by atoms with Crippen molar-refractivity contribution in [3.63, 3.8) is 0 Å². The molecule has 136 valence electrons. The molecule has 0 bridgehead atoms. The van der Waals surface area contributed by atoms with Crippen LogP contribution >= 0.6 is 11.3 Å². The van der Waals surface area contributed by atoms with Crippen LogP contribution in [0.4, 0.5) is 4.39 Å². The van der Waals surface area contributed by atoms with Crippen molar-refractivity contribution in [1.29, 1.82) is 0 Å². The van der Waals surface area contributed by atoms with Crippen molar-refractivity contribution in [3.05, 3.63) is 40.2 Å². The lowest BCUT2D eigenvalue weighted by Gasteiger charge is -2.23. The summed E-state index contributed by atoms with van der Waals surface area (Å²) in [5.74, 6) is -0.132. The lowest BCUT2D eigenvalue weighted by molar-refractivity contribution is -0.122. The standard InChI is InChI=1S/C19H20FN3O2S/c1-11-21-17-16-13(20)8-5-9-14(16)26-18(17)19(25)23(11)10-15(24)22-12-6-3-2-4-7-12/h5,8-9,12H,2-4,6-7,10H2,1H3,(H,22,24). The third-order valence-electron chi connectivity index (χ3n) is 5.01. The van der Waals surface area contributed by atoms with E-state index < -0.39 is 0 Å². The number of aryl methyl sites for hydroxylation is 1. The van der Waals surface area contributed by atoms with Gasteiger partial charge in [0, 0.05) is 10.7 Å². The minimum Gasteiger partial charge on any atom is -0.352 e. The molecule has 0 atom stereocenters. The summed E-state index contributed by atoms with van der Waals surface area (Å²) >= 11 is 1.22. The molecule has 1 N–H and O–H groups in total. The maximum absolute atomic E-state index is 14.2. The maximum Gasteiger partial charge on any atom is 0.272 e. The molecule has 7 heteroatoms. The number of halogens is 1. The predicted octanol–water partition coefficient (Wildman–Crippen LogP) is 3.51. The number of thiophene rings is 1. The number of benzene rings is 1. The van der Waals surface area contributed by atoms with E-state index in [0.29, 0.717) is 26.1 Å². The Bertz CT molecular complexity index is 1050. The van der Waals surface area contributed by atoms with E-state index in [2.05, 4.69) is 10.3 Å². The number of nitrogens with zero attached hydrogens (tertiary/aromatic N) is 2. The molecule has 0 radical (unpaired) electrons. The maximum atomic E-state index is 14.2. The highest BCUT2D eigenvalue weighted by atomic mass is 32.1. The molecule has 0 spiro atoms. The molecule has 3 aromatic rings. The van der Waals surface area contributed by atoms with E-state index in [1.165, 1.54) is 28.4 Å². The van der Waals surface area contributed by atoms with Gasteiger partial charge >= 0.3 is 0 Å². The van der Waals surface area contributed by atoms with Crippen LogP contribution in [-0.2, 0) is 11.3 Å². The summed E-state index contributed by atoms with van der Waals surface area (Å²) in [6.45, 7) is 1.62. The smallest absolute Gasteiger partial charge is 0.272 e. The van der Waals surface area contributed by atoms with Crippen molar-refractivity contribution in [1.82, 2.24) is 14.9 Å². The largest absolute Gasteiger partial charge is 0.352 e. The Morgan fingerprint density at radius 2 is 2.12 bits per heavy atom. The number of aromatic nitrogens is 2. The van der Waals surface area contributed by atoms with Gasteiger partial charge in [-0.3, -0.25) is 14.2 Å². The fourth-order valence-corrected chi connectivity index (χ4v) is 4.79. The fraction of sp³-hybridized carbons (Fsp3) is 0.421. The van der Waals surface area contributed by atoms with Crippen LogP contribution in [0, 0.1) is 12.7 Å². The molecule has 5 nitrogen and oxygen atoms in total. The Labute approximate surface area is 153 Å². The van der Waals surface area contributed by atoms with Gasteiger partial charge in [0.15, 0.2) is 0 Å². The second-order valence-corrected chi connectivity index (χ2v) is 7.90. The average Bonchev–Trinajstić information content (AvgIpc) is 2.99. The van der Waals surface area contributed by atoms with Gasteiger partial charge in [0.2, 0.25) is 5.91 Å². The zero-order chi connectivity index (χ0) is 18.3. The predicted molar refractivity (Wildman–Crippen MR) is 101 cm³/mol. The van der Waals surface area contributed by atoms with Crippen LogP contribution in [0.3, 0.4) is 0 Å². The third-order valence-corrected chi connectivity index (χ3v) is 6.15. The van der Waals surface area contributed by atoms with E-state index in [9.17, 15) is 14.0 Å². The molecular formula is C19H20FN3O2S. The lowest BCUT2D eigenvalue weighted by atomic mass is 9.95. The molecule has 0 aliphatic heterocycles. The van der Waals surface area contributed by atoms with Gasteiger partial charge in [0.1, 0.15) is 22.9 Å². The number of carbonyl (C=O) groups is 1. The average molecular weight is 373 g/mol. The minimum atomic E-state index is -0.382. The van der Waals surface area contributed by atoms with Crippen molar-refractivity contribution < 1.29 is 9.18 Å². The van der Waals surface area contributed by atoms with Crippen LogP contribution in [0.25, 0.3) is 20.3 Å². The summed E-state index contributed by atoms with van der Waals surface area (Å²) in [5.41, 5.74) is 0.0985. The molecule has 1 aliphatic carbocycles. The van der Waals surface area contributed by atoms with Gasteiger partial charge in [0.05, 0.1) is 10.9 Å². The second-order valence-electron chi connectivity index (χ2n) is 6.85. The first-order valence-corrected chi connectivity index (χ1v) is 9.74. The van der Waals surface area contributed by atoms with Crippen LogP contribution in [-0.4, -0.2) is 21.5 Å². The van der Waals surface area contributed by atoms with E-state index in [0.717, 1.165) is 25.7 Å². The van der Waals surface area contributed by atoms with Crippen molar-refractivity contribution in [2.24, 2.45) is 0 Å². The number of hydrogen-bond acceptors (Lipinski definition) is 4. The van der Waals surface area contributed by atoms with Gasteiger partial charge in [-0.15, -0.1) is 11.3 Å². The molecule has 1 saturated carbocycles. The van der Waals surface area contributed by atoms with Crippen LogP contribution in [0.15, 0.2) is 23.0 Å². The number of rotatable bonds is 3. The van der Waals surface area contributed by atoms with Gasteiger partial charge in [-0.2, -0.15) is 0 Å². The first-order chi connectivity index (χ1) is 12.5. The Balaban J connectivity index is 1.69. The van der Waals surface area contributed by atoms with E-state index >= 15 is 0 Å². The van der Waals surface area contributed by atoms with E-state index in [1.807, 2.05) is 0 Å². The molecule has 26 heavy (non-hydrogen) atoms. The van der Waals surface area contributed by atoms with Crippen molar-refractivity contribution >= 4 is 37.5 Å². The number of amides is 1. The molecule has 1 aromatic carbocycles. The SMILES string of the molecule is Cc1nc2c(sc3cccc(F)c32)c(=O)n1CC(=O)NC1CCCCC1. The van der Waals surface area contributed by atoms with Crippen LogP contribution in [0.2, 0.25) is 0 Å². The molecule has 2 aromatic heterocycles. The molecular weight excluding hydrogens is 353 g/mol. The summed E-state index contributed by atoms with van der Waals surface area (Å²) in [6.07, 6.45) is 5.46. The van der Waals surface area contributed by atoms with Crippen LogP contribution in [0.1, 0.15) is 37.9 Å². The summed E-state index contributed by atoms with van der Waals surface area (Å²) in [4.78, 5) is 29.7. The summed E-state index contributed by atoms with van der Waals surface area (Å²) in [7, 11) is 0. The Morgan fingerprint density at radius 3 is 2.88 bits per heavy atom. The Morgan fingerprint density at radius 1 is 1.35 bits per heavy atom. The van der Waals surface area contributed by atoms with E-state index in [-0.39, 0.29) is 29.9 Å². The van der Waals surface area contributed by atoms with E-state index in [1.54, 1.807) is 19.1 Å². The highest BCUT2D eigenvalue weighted by molar-refractivity contribution is 7.25. The fourth-order valence-electron chi connectivity index (χ4n) is 3.68. The van der Waals surface area contributed by atoms with Crippen molar-refractivity contribution in [3.8, 4) is 0 Å². The molecule has 1 fully saturated rings. The first-order valence-electron chi connectivity index (χ1n) is 8.92. The molecule has 1 aliphatic rings. The third kappa shape index (κ3) is 3.00. The number of carbonyl (C=O) groups excluding carboxylic acids is 1. The zero-order valence-corrected chi connectivity index (χ0v) is 15.4. The lowest BCUT2D eigenvalue weighted by Crippen LogP contribution is -2.40. The Hall–Kier alpha value is -2.28. The quantitative estimate of drug-likeness (QED) is 0.764. The van der Waals surface area contributed by atoms with Gasteiger partial charge in [-0.25, -0.2) is 9.37 Å². The monoisotopic (exact) mass is 373 g/mol. The van der Waals surface area contributed by atoms with Crippen LogP contribution in [0.5, 0.6) is 0 Å². The van der Waals surface area contributed by atoms with Gasteiger partial charge in [-0.05, 0) is 31.9 Å². The molecule has 4 rings (SSSR count). The number of nitrogens with one attached hydrogen (secondary N) is 1. The van der Waals surface area contributed by atoms with Crippen molar-refractivity contribution in [2.45, 2.75) is 51.6 Å². The first kappa shape index (κ1) is 17.1. The van der Waals surface area contributed by atoms with Gasteiger partial charge in [0.25, 0.3) is 5.56 Å². The van der Waals surface area contributed by atoms with Crippen LogP contribution < -0.4 is 10.9 Å². The molecule has 0 unspecified atom stereocenters. The zero-order valence-electron chi connectivity index (χ0n) is 14.5. The molecule has 0 saturated heterocycles. The topological polar surface area (TPSA) is 64.0 Å². The molecule has 1 amide bonds. The Kier molecular flexibility index (Phi) is 4.48. The summed E-state index contributed by atoms with van der Waals surface area (Å²) in [6, 6.07) is 4.96. The highest BCUT2D eigenvalue weighted by Crippen LogP contribution is 2.32. The normalized spacial score (nSPS) is 15.6. The summed E-state index contributed by atoms with van der Waals surface area (Å²) < 4.78 is 16.6. The second kappa shape index (κ2) is 6.79. The number of hydrogen-bond donors (Lipinski definition) is 1. The highest BCUT2D eigenvalue weighted by Gasteiger charge is 2.20. The van der Waals surface area contributed by atoms with Gasteiger partial charge in [-0.1, -0.05) is 25.3 Å². The van der Waals surface area contributed by atoms with E-state index in [4.69, 9.17) is 0 Å². The van der Waals surface area contributed by atoms with Gasteiger partial charge < -0.3 is 5.32 Å². The summed E-state index contributed by atoms with van der Waals surface area (Å²) in [5, 5.41) is 3.40. The van der Waals surface area contributed by atoms with Crippen molar-refractivity contribution in [2.75, 3.05) is 0 Å². The minimum absolute atomic E-state index is 0.0547. The molecule has 2 heterocycles.